The van der Waals surface area contributed by atoms with Crippen molar-refractivity contribution < 1.29 is 0 Å². The van der Waals surface area contributed by atoms with Crippen molar-refractivity contribution in [1.29, 1.82) is 0 Å². The van der Waals surface area contributed by atoms with Gasteiger partial charge in [0, 0.05) is 30.3 Å². The van der Waals surface area contributed by atoms with Gasteiger partial charge in [-0.15, -0.1) is 0 Å². The fraction of sp³-hybridized carbons (Fsp3) is 0.333. The first-order chi connectivity index (χ1) is 9.95. The van der Waals surface area contributed by atoms with Gasteiger partial charge in [0.1, 0.15) is 0 Å². The van der Waals surface area contributed by atoms with Gasteiger partial charge in [0.15, 0.2) is 0 Å². The van der Waals surface area contributed by atoms with Gasteiger partial charge in [0.25, 0.3) is 0 Å². The lowest BCUT2D eigenvalue weighted by molar-refractivity contribution is 0.733. The molecule has 0 radical (unpaired) electrons. The molecule has 2 aromatic rings. The van der Waals surface area contributed by atoms with Crippen molar-refractivity contribution in [2.24, 2.45) is 5.73 Å². The summed E-state index contributed by atoms with van der Waals surface area (Å²) < 4.78 is 0. The Morgan fingerprint density at radius 3 is 2.43 bits per heavy atom. The molecule has 0 fully saturated rings. The van der Waals surface area contributed by atoms with E-state index < -0.39 is 0 Å². The van der Waals surface area contributed by atoms with Crippen molar-refractivity contribution in [3.63, 3.8) is 0 Å². The Hall–Kier alpha value is -1.51. The standard InChI is InChI=1S/C18H23ClN2/c1-13-4-9-18(16(10-13)11-14(2)20)21(3)12-15-5-7-17(19)8-6-15/h4-10,14H,11-12,20H2,1-3H3. The molecule has 0 aliphatic rings. The Balaban J connectivity index is 2.21. The zero-order valence-corrected chi connectivity index (χ0v) is 13.7. The number of anilines is 1. The summed E-state index contributed by atoms with van der Waals surface area (Å²) in [4.78, 5) is 2.26. The topological polar surface area (TPSA) is 29.3 Å². The maximum Gasteiger partial charge on any atom is 0.0426 e. The average molecular weight is 303 g/mol. The molecule has 0 heterocycles. The Bertz CT molecular complexity index is 591. The molecule has 3 heteroatoms. The Morgan fingerprint density at radius 2 is 1.81 bits per heavy atom. The molecule has 0 amide bonds. The lowest BCUT2D eigenvalue weighted by Crippen LogP contribution is -2.22. The zero-order valence-electron chi connectivity index (χ0n) is 12.9. The van der Waals surface area contributed by atoms with Crippen molar-refractivity contribution in [1.82, 2.24) is 0 Å². The molecule has 2 N–H and O–H groups in total. The van der Waals surface area contributed by atoms with Crippen molar-refractivity contribution in [2.45, 2.75) is 32.9 Å². The SMILES string of the molecule is Cc1ccc(N(C)Cc2ccc(Cl)cc2)c(CC(C)N)c1. The van der Waals surface area contributed by atoms with E-state index in [9.17, 15) is 0 Å². The first kappa shape index (κ1) is 15.9. The quantitative estimate of drug-likeness (QED) is 0.898. The van der Waals surface area contributed by atoms with E-state index in [2.05, 4.69) is 49.2 Å². The summed E-state index contributed by atoms with van der Waals surface area (Å²) in [7, 11) is 2.12. The largest absolute Gasteiger partial charge is 0.370 e. The highest BCUT2D eigenvalue weighted by Gasteiger charge is 2.10. The van der Waals surface area contributed by atoms with Gasteiger partial charge in [-0.1, -0.05) is 41.4 Å². The van der Waals surface area contributed by atoms with Crippen molar-refractivity contribution in [3.05, 3.63) is 64.2 Å². The molecule has 2 rings (SSSR count). The van der Waals surface area contributed by atoms with E-state index in [1.165, 1.54) is 22.4 Å². The number of hydrogen-bond donors (Lipinski definition) is 1. The lowest BCUT2D eigenvalue weighted by Gasteiger charge is -2.24. The molecular weight excluding hydrogens is 280 g/mol. The molecule has 0 aromatic heterocycles. The Morgan fingerprint density at radius 1 is 1.14 bits per heavy atom. The Kier molecular flexibility index (Phi) is 5.27. The van der Waals surface area contributed by atoms with Crippen LogP contribution in [0.15, 0.2) is 42.5 Å². The summed E-state index contributed by atoms with van der Waals surface area (Å²) in [5, 5.41) is 0.773. The van der Waals surface area contributed by atoms with E-state index in [-0.39, 0.29) is 6.04 Å². The fourth-order valence-electron chi connectivity index (χ4n) is 2.55. The van der Waals surface area contributed by atoms with Gasteiger partial charge in [-0.05, 0) is 49.6 Å². The predicted octanol–water partition coefficient (Wildman–Crippen LogP) is 4.17. The molecule has 2 nitrogen and oxygen atoms in total. The van der Waals surface area contributed by atoms with Gasteiger partial charge >= 0.3 is 0 Å². The van der Waals surface area contributed by atoms with E-state index in [1.54, 1.807) is 0 Å². The summed E-state index contributed by atoms with van der Waals surface area (Å²) in [5.41, 5.74) is 11.0. The third-order valence-electron chi connectivity index (χ3n) is 3.52. The third kappa shape index (κ3) is 4.48. The van der Waals surface area contributed by atoms with E-state index in [4.69, 9.17) is 17.3 Å². The van der Waals surface area contributed by atoms with Crippen LogP contribution in [-0.2, 0) is 13.0 Å². The minimum absolute atomic E-state index is 0.162. The van der Waals surface area contributed by atoms with Crippen LogP contribution in [0.2, 0.25) is 5.02 Å². The molecule has 1 unspecified atom stereocenters. The van der Waals surface area contributed by atoms with Crippen molar-refractivity contribution in [3.8, 4) is 0 Å². The van der Waals surface area contributed by atoms with E-state index in [1.807, 2.05) is 19.1 Å². The summed E-state index contributed by atoms with van der Waals surface area (Å²) >= 11 is 5.94. The van der Waals surface area contributed by atoms with E-state index >= 15 is 0 Å². The smallest absolute Gasteiger partial charge is 0.0426 e. The van der Waals surface area contributed by atoms with Crippen LogP contribution < -0.4 is 10.6 Å². The molecule has 2 aromatic carbocycles. The molecule has 0 aliphatic carbocycles. The molecular formula is C18H23ClN2. The van der Waals surface area contributed by atoms with Gasteiger partial charge in [-0.3, -0.25) is 0 Å². The second-order valence-electron chi connectivity index (χ2n) is 5.80. The molecule has 0 bridgehead atoms. The Labute approximate surface area is 132 Å². The molecule has 21 heavy (non-hydrogen) atoms. The number of hydrogen-bond acceptors (Lipinski definition) is 2. The number of halogens is 1. The number of nitrogens with two attached hydrogens (primary N) is 1. The summed E-state index contributed by atoms with van der Waals surface area (Å²) in [6.45, 7) is 5.02. The highest BCUT2D eigenvalue weighted by Crippen LogP contribution is 2.24. The van der Waals surface area contributed by atoms with Gasteiger partial charge in [-0.25, -0.2) is 0 Å². The van der Waals surface area contributed by atoms with Gasteiger partial charge < -0.3 is 10.6 Å². The van der Waals surface area contributed by atoms with Crippen molar-refractivity contribution in [2.75, 3.05) is 11.9 Å². The maximum absolute atomic E-state index is 5.98. The third-order valence-corrected chi connectivity index (χ3v) is 3.77. The second kappa shape index (κ2) is 6.97. The van der Waals surface area contributed by atoms with Crippen LogP contribution in [0.4, 0.5) is 5.69 Å². The van der Waals surface area contributed by atoms with E-state index in [0.717, 1.165) is 18.0 Å². The molecule has 1 atom stereocenters. The van der Waals surface area contributed by atoms with Gasteiger partial charge in [0.2, 0.25) is 0 Å². The average Bonchev–Trinajstić information content (AvgIpc) is 2.40. The summed E-state index contributed by atoms with van der Waals surface area (Å²) in [5.74, 6) is 0. The van der Waals surface area contributed by atoms with Crippen LogP contribution in [0.25, 0.3) is 0 Å². The number of nitrogens with zero attached hydrogens (tertiary/aromatic N) is 1. The number of rotatable bonds is 5. The lowest BCUT2D eigenvalue weighted by atomic mass is 10.0. The molecule has 112 valence electrons. The minimum Gasteiger partial charge on any atom is -0.370 e. The fourth-order valence-corrected chi connectivity index (χ4v) is 2.67. The molecule has 0 spiro atoms. The number of benzene rings is 2. The van der Waals surface area contributed by atoms with Gasteiger partial charge in [0.05, 0.1) is 0 Å². The van der Waals surface area contributed by atoms with E-state index in [0.29, 0.717) is 0 Å². The molecule has 0 aliphatic heterocycles. The molecule has 0 saturated heterocycles. The van der Waals surface area contributed by atoms with Crippen LogP contribution in [0, 0.1) is 6.92 Å². The maximum atomic E-state index is 5.98. The first-order valence-corrected chi connectivity index (χ1v) is 7.64. The normalized spacial score (nSPS) is 12.2. The van der Waals surface area contributed by atoms with Crippen LogP contribution in [0.3, 0.4) is 0 Å². The van der Waals surface area contributed by atoms with Crippen LogP contribution in [-0.4, -0.2) is 13.1 Å². The summed E-state index contributed by atoms with van der Waals surface area (Å²) in [6, 6.07) is 14.7. The highest BCUT2D eigenvalue weighted by molar-refractivity contribution is 6.30. The predicted molar refractivity (Wildman–Crippen MR) is 92.1 cm³/mol. The van der Waals surface area contributed by atoms with Gasteiger partial charge in [-0.2, -0.15) is 0 Å². The van der Waals surface area contributed by atoms with Crippen LogP contribution in [0.1, 0.15) is 23.6 Å². The second-order valence-corrected chi connectivity index (χ2v) is 6.23. The first-order valence-electron chi connectivity index (χ1n) is 7.26. The highest BCUT2D eigenvalue weighted by atomic mass is 35.5. The number of aryl methyl sites for hydroxylation is 1. The van der Waals surface area contributed by atoms with Crippen LogP contribution >= 0.6 is 11.6 Å². The monoisotopic (exact) mass is 302 g/mol. The van der Waals surface area contributed by atoms with Crippen LogP contribution in [0.5, 0.6) is 0 Å². The summed E-state index contributed by atoms with van der Waals surface area (Å²) in [6.07, 6.45) is 0.891. The zero-order chi connectivity index (χ0) is 15.4. The van der Waals surface area contributed by atoms with Crippen molar-refractivity contribution >= 4 is 17.3 Å². The molecule has 0 saturated carbocycles. The minimum atomic E-state index is 0.162.